The zero-order chi connectivity index (χ0) is 14.0. The molecule has 5 heteroatoms. The van der Waals surface area contributed by atoms with Crippen LogP contribution in [-0.4, -0.2) is 12.9 Å². The van der Waals surface area contributed by atoms with Crippen LogP contribution >= 0.6 is 34.8 Å². The van der Waals surface area contributed by atoms with Crippen LogP contribution in [0.4, 0.5) is 0 Å². The lowest BCUT2D eigenvalue weighted by atomic mass is 10.0. The second kappa shape index (κ2) is 5.83. The molecule has 2 aromatic carbocycles. The quantitative estimate of drug-likeness (QED) is 0.754. The molecule has 0 spiro atoms. The number of ketones is 1. The molecule has 0 N–H and O–H groups in total. The van der Waals surface area contributed by atoms with Gasteiger partial charge in [-0.2, -0.15) is 0 Å². The van der Waals surface area contributed by atoms with Gasteiger partial charge in [-0.15, -0.1) is 0 Å². The van der Waals surface area contributed by atoms with Crippen molar-refractivity contribution in [2.45, 2.75) is 0 Å². The van der Waals surface area contributed by atoms with E-state index in [2.05, 4.69) is 0 Å². The molecule has 19 heavy (non-hydrogen) atoms. The van der Waals surface area contributed by atoms with Crippen molar-refractivity contribution in [3.63, 3.8) is 0 Å². The Kier molecular flexibility index (Phi) is 4.35. The Labute approximate surface area is 125 Å². The highest BCUT2D eigenvalue weighted by molar-refractivity contribution is 6.42. The fourth-order valence-electron chi connectivity index (χ4n) is 1.61. The molecule has 0 aliphatic rings. The Morgan fingerprint density at radius 1 is 0.895 bits per heavy atom. The third kappa shape index (κ3) is 3.03. The Morgan fingerprint density at radius 2 is 1.47 bits per heavy atom. The van der Waals surface area contributed by atoms with E-state index in [1.807, 2.05) is 0 Å². The Morgan fingerprint density at radius 3 is 2.05 bits per heavy atom. The summed E-state index contributed by atoms with van der Waals surface area (Å²) in [5.41, 5.74) is 0.929. The number of carbonyl (C=O) groups is 1. The van der Waals surface area contributed by atoms with Crippen molar-refractivity contribution in [3.05, 3.63) is 62.6 Å². The summed E-state index contributed by atoms with van der Waals surface area (Å²) in [5.74, 6) is 0.279. The van der Waals surface area contributed by atoms with Gasteiger partial charge in [-0.05, 0) is 36.4 Å². The lowest BCUT2D eigenvalue weighted by Crippen LogP contribution is -2.01. The molecule has 0 aromatic heterocycles. The van der Waals surface area contributed by atoms with Crippen molar-refractivity contribution >= 4 is 40.6 Å². The average molecular weight is 316 g/mol. The standard InChI is InChI=1S/C14H9Cl3O2/c1-19-13-7-9(3-5-11(13)16)14(18)8-2-4-10(15)12(17)6-8/h2-7H,1H3. The smallest absolute Gasteiger partial charge is 0.193 e. The lowest BCUT2D eigenvalue weighted by molar-refractivity contribution is 0.103. The Balaban J connectivity index is 2.41. The van der Waals surface area contributed by atoms with E-state index in [0.717, 1.165) is 0 Å². The van der Waals surface area contributed by atoms with Crippen LogP contribution in [0.3, 0.4) is 0 Å². The number of hydrogen-bond donors (Lipinski definition) is 0. The van der Waals surface area contributed by atoms with E-state index in [1.165, 1.54) is 13.2 Å². The number of rotatable bonds is 3. The van der Waals surface area contributed by atoms with Crippen LogP contribution in [0.25, 0.3) is 0 Å². The predicted molar refractivity (Wildman–Crippen MR) is 77.9 cm³/mol. The summed E-state index contributed by atoms with van der Waals surface area (Å²) in [6.45, 7) is 0. The molecule has 0 aliphatic carbocycles. The number of halogens is 3. The predicted octanol–water partition coefficient (Wildman–Crippen LogP) is 4.89. The zero-order valence-electron chi connectivity index (χ0n) is 9.91. The first-order valence-electron chi connectivity index (χ1n) is 5.36. The van der Waals surface area contributed by atoms with E-state index in [-0.39, 0.29) is 5.78 Å². The van der Waals surface area contributed by atoms with E-state index in [0.29, 0.717) is 31.9 Å². The fraction of sp³-hybridized carbons (Fsp3) is 0.0714. The minimum atomic E-state index is -0.173. The summed E-state index contributed by atoms with van der Waals surface area (Å²) in [5, 5.41) is 1.20. The molecular weight excluding hydrogens is 307 g/mol. The first-order chi connectivity index (χ1) is 9.02. The monoisotopic (exact) mass is 314 g/mol. The third-order valence-corrected chi connectivity index (χ3v) is 3.65. The van der Waals surface area contributed by atoms with E-state index < -0.39 is 0 Å². The molecule has 0 fully saturated rings. The third-order valence-electron chi connectivity index (χ3n) is 2.60. The van der Waals surface area contributed by atoms with E-state index >= 15 is 0 Å². The van der Waals surface area contributed by atoms with Gasteiger partial charge in [0.25, 0.3) is 0 Å². The van der Waals surface area contributed by atoms with Crippen LogP contribution in [0.2, 0.25) is 15.1 Å². The molecule has 0 unspecified atom stereocenters. The maximum Gasteiger partial charge on any atom is 0.193 e. The van der Waals surface area contributed by atoms with Crippen molar-refractivity contribution in [2.24, 2.45) is 0 Å². The summed E-state index contributed by atoms with van der Waals surface area (Å²) >= 11 is 17.6. The van der Waals surface area contributed by atoms with Gasteiger partial charge in [-0.3, -0.25) is 4.79 Å². The summed E-state index contributed by atoms with van der Waals surface area (Å²) in [6.07, 6.45) is 0. The summed E-state index contributed by atoms with van der Waals surface area (Å²) in [6, 6.07) is 9.59. The van der Waals surface area contributed by atoms with Crippen molar-refractivity contribution in [2.75, 3.05) is 7.11 Å². The number of benzene rings is 2. The van der Waals surface area contributed by atoms with Crippen LogP contribution < -0.4 is 4.74 Å². The molecule has 0 heterocycles. The van der Waals surface area contributed by atoms with Crippen LogP contribution in [0, 0.1) is 0 Å². The highest BCUT2D eigenvalue weighted by Crippen LogP contribution is 2.28. The van der Waals surface area contributed by atoms with E-state index in [9.17, 15) is 4.79 Å². The lowest BCUT2D eigenvalue weighted by Gasteiger charge is -2.06. The van der Waals surface area contributed by atoms with Crippen molar-refractivity contribution < 1.29 is 9.53 Å². The maximum atomic E-state index is 12.3. The van der Waals surface area contributed by atoms with Crippen molar-refractivity contribution in [1.82, 2.24) is 0 Å². The number of methoxy groups -OCH3 is 1. The van der Waals surface area contributed by atoms with Gasteiger partial charge in [0, 0.05) is 11.1 Å². The molecule has 0 saturated heterocycles. The average Bonchev–Trinajstić information content (AvgIpc) is 2.41. The van der Waals surface area contributed by atoms with Gasteiger partial charge in [0.15, 0.2) is 5.78 Å². The first-order valence-corrected chi connectivity index (χ1v) is 6.49. The highest BCUT2D eigenvalue weighted by Gasteiger charge is 2.13. The second-order valence-electron chi connectivity index (χ2n) is 3.81. The number of carbonyl (C=O) groups excluding carboxylic acids is 1. The maximum absolute atomic E-state index is 12.3. The molecular formula is C14H9Cl3O2. The minimum absolute atomic E-state index is 0.173. The van der Waals surface area contributed by atoms with Crippen LogP contribution in [-0.2, 0) is 0 Å². The van der Waals surface area contributed by atoms with Gasteiger partial charge in [-0.25, -0.2) is 0 Å². The fourth-order valence-corrected chi connectivity index (χ4v) is 2.10. The molecule has 2 aromatic rings. The molecule has 0 amide bonds. The molecule has 98 valence electrons. The second-order valence-corrected chi connectivity index (χ2v) is 5.03. The summed E-state index contributed by atoms with van der Waals surface area (Å²) < 4.78 is 5.08. The molecule has 0 aliphatic heterocycles. The molecule has 0 bridgehead atoms. The minimum Gasteiger partial charge on any atom is -0.495 e. The normalized spacial score (nSPS) is 10.3. The van der Waals surface area contributed by atoms with Gasteiger partial charge >= 0.3 is 0 Å². The van der Waals surface area contributed by atoms with Gasteiger partial charge in [0.05, 0.1) is 22.2 Å². The van der Waals surface area contributed by atoms with Crippen LogP contribution in [0.5, 0.6) is 5.75 Å². The van der Waals surface area contributed by atoms with Gasteiger partial charge in [-0.1, -0.05) is 34.8 Å². The number of ether oxygens (including phenoxy) is 1. The molecule has 2 nitrogen and oxygen atoms in total. The Hall–Kier alpha value is -1.22. The van der Waals surface area contributed by atoms with E-state index in [1.54, 1.807) is 30.3 Å². The van der Waals surface area contributed by atoms with Gasteiger partial charge in [0.2, 0.25) is 0 Å². The summed E-state index contributed by atoms with van der Waals surface area (Å²) in [7, 11) is 1.49. The zero-order valence-corrected chi connectivity index (χ0v) is 12.2. The van der Waals surface area contributed by atoms with Gasteiger partial charge < -0.3 is 4.74 Å². The SMILES string of the molecule is COc1cc(C(=O)c2ccc(Cl)c(Cl)c2)ccc1Cl. The van der Waals surface area contributed by atoms with Crippen LogP contribution in [0.15, 0.2) is 36.4 Å². The van der Waals surface area contributed by atoms with Crippen molar-refractivity contribution in [3.8, 4) is 5.75 Å². The van der Waals surface area contributed by atoms with Crippen molar-refractivity contribution in [1.29, 1.82) is 0 Å². The van der Waals surface area contributed by atoms with Gasteiger partial charge in [0.1, 0.15) is 5.75 Å². The largest absolute Gasteiger partial charge is 0.495 e. The molecule has 2 rings (SSSR count). The molecule has 0 atom stereocenters. The first kappa shape index (κ1) is 14.2. The Bertz CT molecular complexity index is 639. The summed E-state index contributed by atoms with van der Waals surface area (Å²) in [4.78, 5) is 12.3. The molecule has 0 radical (unpaired) electrons. The molecule has 0 saturated carbocycles. The van der Waals surface area contributed by atoms with E-state index in [4.69, 9.17) is 39.5 Å². The number of hydrogen-bond acceptors (Lipinski definition) is 2. The van der Waals surface area contributed by atoms with Crippen LogP contribution in [0.1, 0.15) is 15.9 Å². The highest BCUT2D eigenvalue weighted by atomic mass is 35.5. The topological polar surface area (TPSA) is 26.3 Å².